The second-order valence-corrected chi connectivity index (χ2v) is 6.97. The lowest BCUT2D eigenvalue weighted by Gasteiger charge is -2.40. The average Bonchev–Trinajstić information content (AvgIpc) is 2.47. The highest BCUT2D eigenvalue weighted by atomic mass is 79.9. The van der Waals surface area contributed by atoms with Gasteiger partial charge in [-0.25, -0.2) is 0 Å². The zero-order chi connectivity index (χ0) is 11.1. The normalized spacial score (nSPS) is 36.5. The summed E-state index contributed by atoms with van der Waals surface area (Å²) in [5, 5.41) is 4.03. The van der Waals surface area contributed by atoms with Crippen molar-refractivity contribution in [3.05, 3.63) is 0 Å². The van der Waals surface area contributed by atoms with Crippen molar-refractivity contribution < 1.29 is 4.84 Å². The maximum Gasteiger partial charge on any atom is 0.144 e. The highest BCUT2D eigenvalue weighted by Crippen LogP contribution is 2.46. The first-order chi connectivity index (χ1) is 6.91. The van der Waals surface area contributed by atoms with Gasteiger partial charge in [-0.05, 0) is 52.9 Å². The number of nitrogens with zero attached hydrogens (tertiary/aromatic N) is 1. The quantitative estimate of drug-likeness (QED) is 0.652. The maximum atomic E-state index is 5.60. The Morgan fingerprint density at radius 1 is 1.33 bits per heavy atom. The van der Waals surface area contributed by atoms with E-state index < -0.39 is 0 Å². The van der Waals surface area contributed by atoms with Gasteiger partial charge in [-0.1, -0.05) is 25.9 Å². The van der Waals surface area contributed by atoms with E-state index >= 15 is 0 Å². The van der Waals surface area contributed by atoms with Crippen LogP contribution in [-0.4, -0.2) is 10.2 Å². The van der Waals surface area contributed by atoms with Crippen LogP contribution in [0.15, 0.2) is 5.16 Å². The average molecular weight is 274 g/mol. The van der Waals surface area contributed by atoms with Crippen LogP contribution in [0.3, 0.4) is 0 Å². The maximum absolute atomic E-state index is 5.60. The van der Waals surface area contributed by atoms with Gasteiger partial charge in [0.15, 0.2) is 0 Å². The highest BCUT2D eigenvalue weighted by Gasteiger charge is 2.43. The number of halogens is 1. The van der Waals surface area contributed by atoms with E-state index in [4.69, 9.17) is 4.84 Å². The molecular formula is C12H20BrNO. The predicted octanol–water partition coefficient (Wildman–Crippen LogP) is 4.09. The molecule has 2 nitrogen and oxygen atoms in total. The van der Waals surface area contributed by atoms with E-state index in [0.717, 1.165) is 29.8 Å². The molecule has 0 aromatic rings. The van der Waals surface area contributed by atoms with E-state index in [2.05, 4.69) is 41.9 Å². The Morgan fingerprint density at radius 2 is 1.93 bits per heavy atom. The Morgan fingerprint density at radius 3 is 2.33 bits per heavy atom. The standard InChI is InChI=1S/C12H20BrNO/c1-11(2,3)9-4-6-12(7-5-9)8-10(13)14-15-12/h9H,4-8H2,1-3H3/t9-,12-. The summed E-state index contributed by atoms with van der Waals surface area (Å²) in [4.78, 5) is 5.60. The van der Waals surface area contributed by atoms with Gasteiger partial charge in [0.25, 0.3) is 0 Å². The van der Waals surface area contributed by atoms with Crippen molar-refractivity contribution in [2.24, 2.45) is 16.5 Å². The molecule has 1 aliphatic heterocycles. The minimum Gasteiger partial charge on any atom is -0.388 e. The van der Waals surface area contributed by atoms with Crippen LogP contribution in [0.4, 0.5) is 0 Å². The molecule has 1 heterocycles. The minimum atomic E-state index is 0.0422. The van der Waals surface area contributed by atoms with Gasteiger partial charge in [0.2, 0.25) is 0 Å². The molecule has 0 unspecified atom stereocenters. The van der Waals surface area contributed by atoms with Gasteiger partial charge < -0.3 is 4.84 Å². The first kappa shape index (κ1) is 11.4. The summed E-state index contributed by atoms with van der Waals surface area (Å²) in [6.07, 6.45) is 5.85. The Labute approximate surface area is 101 Å². The molecule has 0 aromatic carbocycles. The lowest BCUT2D eigenvalue weighted by Crippen LogP contribution is -2.37. The van der Waals surface area contributed by atoms with Crippen molar-refractivity contribution in [1.29, 1.82) is 0 Å². The van der Waals surface area contributed by atoms with E-state index in [0.29, 0.717) is 5.41 Å². The fourth-order valence-electron chi connectivity index (χ4n) is 2.75. The van der Waals surface area contributed by atoms with Crippen molar-refractivity contribution in [3.8, 4) is 0 Å². The smallest absolute Gasteiger partial charge is 0.144 e. The van der Waals surface area contributed by atoms with Gasteiger partial charge in [-0.15, -0.1) is 0 Å². The van der Waals surface area contributed by atoms with Crippen molar-refractivity contribution in [2.75, 3.05) is 0 Å². The number of oxime groups is 1. The van der Waals surface area contributed by atoms with E-state index in [1.165, 1.54) is 12.8 Å². The summed E-state index contributed by atoms with van der Waals surface area (Å²) in [6, 6.07) is 0. The van der Waals surface area contributed by atoms with Gasteiger partial charge in [-0.3, -0.25) is 0 Å². The van der Waals surface area contributed by atoms with E-state index in [9.17, 15) is 0 Å². The van der Waals surface area contributed by atoms with Crippen LogP contribution >= 0.6 is 15.9 Å². The molecule has 0 N–H and O–H groups in total. The van der Waals surface area contributed by atoms with Crippen LogP contribution in [-0.2, 0) is 4.84 Å². The van der Waals surface area contributed by atoms with Gasteiger partial charge in [0.05, 0.1) is 0 Å². The molecule has 0 amide bonds. The van der Waals surface area contributed by atoms with Crippen molar-refractivity contribution in [2.45, 2.75) is 58.5 Å². The molecule has 0 radical (unpaired) electrons. The summed E-state index contributed by atoms with van der Waals surface area (Å²) in [7, 11) is 0. The van der Waals surface area contributed by atoms with Gasteiger partial charge >= 0.3 is 0 Å². The van der Waals surface area contributed by atoms with Crippen LogP contribution < -0.4 is 0 Å². The predicted molar refractivity (Wildman–Crippen MR) is 66.2 cm³/mol. The molecule has 0 aromatic heterocycles. The van der Waals surface area contributed by atoms with Gasteiger partial charge in [0.1, 0.15) is 10.2 Å². The van der Waals surface area contributed by atoms with Crippen molar-refractivity contribution in [3.63, 3.8) is 0 Å². The van der Waals surface area contributed by atoms with Crippen molar-refractivity contribution in [1.82, 2.24) is 0 Å². The minimum absolute atomic E-state index is 0.0422. The first-order valence-corrected chi connectivity index (χ1v) is 6.61. The monoisotopic (exact) mass is 273 g/mol. The number of hydrogen-bond acceptors (Lipinski definition) is 2. The lowest BCUT2D eigenvalue weighted by molar-refractivity contribution is -0.0640. The fourth-order valence-corrected chi connectivity index (χ4v) is 3.34. The second-order valence-electron chi connectivity index (χ2n) is 6.06. The van der Waals surface area contributed by atoms with E-state index in [1.807, 2.05) is 0 Å². The topological polar surface area (TPSA) is 21.6 Å². The van der Waals surface area contributed by atoms with E-state index in [1.54, 1.807) is 0 Å². The SMILES string of the molecule is CC(C)(C)[C@H]1CC[C@]2(CC1)CC(Br)=NO2. The van der Waals surface area contributed by atoms with Crippen LogP contribution in [0.25, 0.3) is 0 Å². The molecule has 1 saturated carbocycles. The second kappa shape index (κ2) is 3.76. The molecule has 0 saturated heterocycles. The third-order valence-electron chi connectivity index (χ3n) is 3.93. The molecule has 1 fully saturated rings. The fraction of sp³-hybridized carbons (Fsp3) is 0.917. The third-order valence-corrected chi connectivity index (χ3v) is 4.35. The first-order valence-electron chi connectivity index (χ1n) is 5.82. The molecule has 2 rings (SSSR count). The summed E-state index contributed by atoms with van der Waals surface area (Å²) in [5.74, 6) is 0.839. The van der Waals surface area contributed by atoms with Crippen LogP contribution in [0.5, 0.6) is 0 Å². The van der Waals surface area contributed by atoms with Crippen LogP contribution in [0.1, 0.15) is 52.9 Å². The third kappa shape index (κ3) is 2.38. The molecule has 86 valence electrons. The zero-order valence-corrected chi connectivity index (χ0v) is 11.4. The largest absolute Gasteiger partial charge is 0.388 e. The molecule has 0 bridgehead atoms. The molecule has 3 heteroatoms. The summed E-state index contributed by atoms with van der Waals surface area (Å²) in [6.45, 7) is 7.03. The van der Waals surface area contributed by atoms with Crippen molar-refractivity contribution >= 4 is 20.6 Å². The van der Waals surface area contributed by atoms with Crippen LogP contribution in [0.2, 0.25) is 0 Å². The van der Waals surface area contributed by atoms with Gasteiger partial charge in [-0.2, -0.15) is 0 Å². The lowest BCUT2D eigenvalue weighted by atomic mass is 9.68. The van der Waals surface area contributed by atoms with Gasteiger partial charge in [0, 0.05) is 6.42 Å². The molecule has 15 heavy (non-hydrogen) atoms. The molecule has 1 aliphatic carbocycles. The Kier molecular flexibility index (Phi) is 2.87. The van der Waals surface area contributed by atoms with E-state index in [-0.39, 0.29) is 5.60 Å². The zero-order valence-electron chi connectivity index (χ0n) is 9.85. The Hall–Kier alpha value is -0.0500. The molecule has 2 aliphatic rings. The summed E-state index contributed by atoms with van der Waals surface area (Å²) in [5.41, 5.74) is 0.485. The highest BCUT2D eigenvalue weighted by molar-refractivity contribution is 9.18. The summed E-state index contributed by atoms with van der Waals surface area (Å²) < 4.78 is 0.983. The number of rotatable bonds is 0. The molecule has 1 spiro atoms. The Bertz CT molecular complexity index is 272. The number of hydrogen-bond donors (Lipinski definition) is 0. The Balaban J connectivity index is 1.93. The van der Waals surface area contributed by atoms with Crippen LogP contribution in [0, 0.1) is 11.3 Å². The molecular weight excluding hydrogens is 254 g/mol. The summed E-state index contributed by atoms with van der Waals surface area (Å²) >= 11 is 3.43. The molecule has 0 atom stereocenters.